The lowest BCUT2D eigenvalue weighted by molar-refractivity contribution is 0.187. The van der Waals surface area contributed by atoms with Gasteiger partial charge in [-0.25, -0.2) is 9.78 Å². The molecule has 1 aromatic carbocycles. The number of amides is 1. The summed E-state index contributed by atoms with van der Waals surface area (Å²) in [5.41, 5.74) is 1.33. The first-order valence-corrected chi connectivity index (χ1v) is 7.11. The third kappa shape index (κ3) is 4.39. The Hall–Kier alpha value is -2.21. The molecule has 1 amide bonds. The smallest absolute Gasteiger partial charge is 0.411 e. The number of aliphatic imine (C=N–C) groups is 1. The van der Waals surface area contributed by atoms with Crippen molar-refractivity contribution >= 4 is 46.6 Å². The molecule has 0 spiro atoms. The lowest BCUT2D eigenvalue weighted by atomic mass is 10.3. The molecule has 0 fully saturated rings. The summed E-state index contributed by atoms with van der Waals surface area (Å²) >= 11 is 6.07. The second kappa shape index (κ2) is 7.54. The number of hydrogen-bond donors (Lipinski definition) is 1. The summed E-state index contributed by atoms with van der Waals surface area (Å²) in [5, 5.41) is 5.67. The van der Waals surface area contributed by atoms with Crippen molar-refractivity contribution < 1.29 is 9.53 Å². The number of nitrogens with zero attached hydrogens (tertiary/aromatic N) is 2. The van der Waals surface area contributed by atoms with Gasteiger partial charge in [-0.1, -0.05) is 11.8 Å². The van der Waals surface area contributed by atoms with Gasteiger partial charge in [0, 0.05) is 16.8 Å². The van der Waals surface area contributed by atoms with Gasteiger partial charge in [0.1, 0.15) is 10.7 Å². The maximum atomic E-state index is 11.1. The number of pyridine rings is 1. The largest absolute Gasteiger partial charge is 0.453 e. The molecule has 7 heteroatoms. The molecular weight excluding hydrogens is 306 g/mol. The van der Waals surface area contributed by atoms with Crippen LogP contribution in [-0.2, 0) is 4.74 Å². The van der Waals surface area contributed by atoms with Crippen molar-refractivity contribution in [3.63, 3.8) is 0 Å². The number of hydrogen-bond acceptors (Lipinski definition) is 6. The number of carbonyl (C=O) groups excluding carboxylic acids is 1. The molecule has 21 heavy (non-hydrogen) atoms. The molecule has 0 aliphatic heterocycles. The second-order valence-electron chi connectivity index (χ2n) is 3.77. The van der Waals surface area contributed by atoms with Crippen molar-refractivity contribution in [1.29, 1.82) is 0 Å². The standard InChI is InChI=1S/C14H11N3O2S2/c1-19-14(18)17-10-4-6-11(7-5-10)21-13-12(16-9-20)3-2-8-15-13/h2-8H,1H3,(H,17,18). The van der Waals surface area contributed by atoms with Crippen molar-refractivity contribution in [3.05, 3.63) is 42.6 Å². The zero-order valence-electron chi connectivity index (χ0n) is 11.1. The Labute approximate surface area is 131 Å². The van der Waals surface area contributed by atoms with Crippen molar-refractivity contribution in [2.45, 2.75) is 9.92 Å². The molecule has 0 bridgehead atoms. The summed E-state index contributed by atoms with van der Waals surface area (Å²) in [6, 6.07) is 10.9. The number of ether oxygens (including phenoxy) is 1. The van der Waals surface area contributed by atoms with Crippen molar-refractivity contribution in [3.8, 4) is 0 Å². The summed E-state index contributed by atoms with van der Waals surface area (Å²) in [6.07, 6.45) is 1.19. The number of aromatic nitrogens is 1. The van der Waals surface area contributed by atoms with Gasteiger partial charge in [-0.15, -0.1) is 0 Å². The highest BCUT2D eigenvalue weighted by atomic mass is 32.2. The van der Waals surface area contributed by atoms with E-state index in [1.54, 1.807) is 24.4 Å². The quantitative estimate of drug-likeness (QED) is 0.678. The van der Waals surface area contributed by atoms with Crippen LogP contribution in [0, 0.1) is 0 Å². The molecule has 0 saturated heterocycles. The van der Waals surface area contributed by atoms with E-state index in [9.17, 15) is 4.79 Å². The molecule has 2 rings (SSSR count). The Bertz CT molecular complexity index is 683. The monoisotopic (exact) mass is 317 g/mol. The van der Waals surface area contributed by atoms with E-state index in [4.69, 9.17) is 0 Å². The number of carbonyl (C=O) groups is 1. The van der Waals surface area contributed by atoms with Crippen LogP contribution in [0.15, 0.2) is 57.5 Å². The first kappa shape index (κ1) is 15.2. The maximum Gasteiger partial charge on any atom is 0.411 e. The SMILES string of the molecule is COC(=O)Nc1ccc(Sc2ncccc2N=C=S)cc1. The van der Waals surface area contributed by atoms with Crippen LogP contribution >= 0.6 is 24.0 Å². The number of benzene rings is 1. The van der Waals surface area contributed by atoms with Crippen molar-refractivity contribution in [1.82, 2.24) is 4.98 Å². The molecule has 0 atom stereocenters. The Kier molecular flexibility index (Phi) is 5.45. The molecule has 1 heterocycles. The summed E-state index contributed by atoms with van der Waals surface area (Å²) in [7, 11) is 1.32. The fraction of sp³-hybridized carbons (Fsp3) is 0.0714. The predicted octanol–water partition coefficient (Wildman–Crippen LogP) is 4.15. The van der Waals surface area contributed by atoms with Crippen LogP contribution < -0.4 is 5.32 Å². The molecule has 1 N–H and O–H groups in total. The molecule has 0 unspecified atom stereocenters. The van der Waals surface area contributed by atoms with Gasteiger partial charge < -0.3 is 4.74 Å². The number of nitrogens with one attached hydrogen (secondary N) is 1. The van der Waals surface area contributed by atoms with Gasteiger partial charge in [-0.3, -0.25) is 5.32 Å². The number of isothiocyanates is 1. The number of anilines is 1. The lowest BCUT2D eigenvalue weighted by Gasteiger charge is -2.06. The second-order valence-corrected chi connectivity index (χ2v) is 5.02. The van der Waals surface area contributed by atoms with Crippen molar-refractivity contribution in [2.75, 3.05) is 12.4 Å². The topological polar surface area (TPSA) is 63.6 Å². The van der Waals surface area contributed by atoms with E-state index in [0.717, 1.165) is 9.92 Å². The Morgan fingerprint density at radius 1 is 1.38 bits per heavy atom. The molecule has 5 nitrogen and oxygen atoms in total. The molecule has 0 saturated carbocycles. The average Bonchev–Trinajstić information content (AvgIpc) is 2.51. The van der Waals surface area contributed by atoms with Gasteiger partial charge >= 0.3 is 6.09 Å². The van der Waals surface area contributed by atoms with Gasteiger partial charge in [0.25, 0.3) is 0 Å². The minimum absolute atomic E-state index is 0.502. The van der Waals surface area contributed by atoms with Crippen LogP contribution in [0.25, 0.3) is 0 Å². The Morgan fingerprint density at radius 2 is 2.14 bits per heavy atom. The normalized spacial score (nSPS) is 9.57. The van der Waals surface area contributed by atoms with E-state index in [-0.39, 0.29) is 0 Å². The fourth-order valence-corrected chi connectivity index (χ4v) is 2.41. The summed E-state index contributed by atoms with van der Waals surface area (Å²) in [6.45, 7) is 0. The number of thiocarbonyl (C=S) groups is 1. The minimum Gasteiger partial charge on any atom is -0.453 e. The highest BCUT2D eigenvalue weighted by molar-refractivity contribution is 7.99. The summed E-state index contributed by atoms with van der Waals surface area (Å²) in [4.78, 5) is 20.3. The molecular formula is C14H11N3O2S2. The van der Waals surface area contributed by atoms with Gasteiger partial charge in [0.2, 0.25) is 0 Å². The Morgan fingerprint density at radius 3 is 2.81 bits per heavy atom. The number of methoxy groups -OCH3 is 1. The third-order valence-electron chi connectivity index (χ3n) is 2.42. The molecule has 0 aliphatic carbocycles. The van der Waals surface area contributed by atoms with Crippen LogP contribution in [0.4, 0.5) is 16.2 Å². The van der Waals surface area contributed by atoms with E-state index < -0.39 is 6.09 Å². The van der Waals surface area contributed by atoms with E-state index in [1.807, 2.05) is 18.2 Å². The summed E-state index contributed by atoms with van der Waals surface area (Å²) < 4.78 is 4.53. The van der Waals surface area contributed by atoms with E-state index in [1.165, 1.54) is 18.9 Å². The van der Waals surface area contributed by atoms with Crippen LogP contribution in [0.1, 0.15) is 0 Å². The van der Waals surface area contributed by atoms with Crippen LogP contribution in [0.5, 0.6) is 0 Å². The van der Waals surface area contributed by atoms with Crippen LogP contribution in [0.3, 0.4) is 0 Å². The highest BCUT2D eigenvalue weighted by Crippen LogP contribution is 2.33. The predicted molar refractivity (Wildman–Crippen MR) is 85.5 cm³/mol. The maximum absolute atomic E-state index is 11.1. The summed E-state index contributed by atoms with van der Waals surface area (Å²) in [5.74, 6) is 0. The fourth-order valence-electron chi connectivity index (χ4n) is 1.48. The van der Waals surface area contributed by atoms with Gasteiger partial charge in [-0.2, -0.15) is 4.99 Å². The zero-order valence-corrected chi connectivity index (χ0v) is 12.7. The molecule has 106 valence electrons. The Balaban J connectivity index is 2.14. The first-order valence-electron chi connectivity index (χ1n) is 5.88. The zero-order chi connectivity index (χ0) is 15.1. The van der Waals surface area contributed by atoms with Gasteiger partial charge in [-0.05, 0) is 48.6 Å². The molecule has 0 radical (unpaired) electrons. The third-order valence-corrected chi connectivity index (χ3v) is 3.52. The molecule has 0 aliphatic rings. The van der Waals surface area contributed by atoms with Crippen LogP contribution in [-0.4, -0.2) is 23.3 Å². The minimum atomic E-state index is -0.502. The van der Waals surface area contributed by atoms with Gasteiger partial charge in [0.15, 0.2) is 0 Å². The highest BCUT2D eigenvalue weighted by Gasteiger charge is 2.05. The lowest BCUT2D eigenvalue weighted by Crippen LogP contribution is -2.10. The van der Waals surface area contributed by atoms with E-state index in [2.05, 4.69) is 37.4 Å². The van der Waals surface area contributed by atoms with E-state index in [0.29, 0.717) is 11.4 Å². The van der Waals surface area contributed by atoms with Crippen molar-refractivity contribution in [2.24, 2.45) is 4.99 Å². The number of rotatable bonds is 4. The van der Waals surface area contributed by atoms with Crippen LogP contribution in [0.2, 0.25) is 0 Å². The molecule has 1 aromatic heterocycles. The average molecular weight is 317 g/mol. The van der Waals surface area contributed by atoms with E-state index >= 15 is 0 Å². The van der Waals surface area contributed by atoms with Gasteiger partial charge in [0.05, 0.1) is 12.3 Å². The molecule has 2 aromatic rings. The first-order chi connectivity index (χ1) is 10.2.